The van der Waals surface area contributed by atoms with E-state index < -0.39 is 20.8 Å². The molecule has 5 aromatic carbocycles. The Hall–Kier alpha value is -1.12. The van der Waals surface area contributed by atoms with E-state index in [0.29, 0.717) is 0 Å². The van der Waals surface area contributed by atoms with Crippen LogP contribution in [0.15, 0.2) is 115 Å². The summed E-state index contributed by atoms with van der Waals surface area (Å²) in [5.41, 5.74) is 0. The SMILES string of the molecule is [Al][c]1ccccc1.[Cl][Zr+2][Cl].c1ccc2[cH-]ccc2c1.c1ccc2[cH-]ccc2c1. The molecule has 0 nitrogen and oxygen atoms in total. The molecular weight excluding hydrogens is 477 g/mol. The van der Waals surface area contributed by atoms with Gasteiger partial charge < -0.3 is 0 Å². The molecule has 5 rings (SSSR count). The Morgan fingerprint density at radius 1 is 0.571 bits per heavy atom. The van der Waals surface area contributed by atoms with Crippen LogP contribution in [0.25, 0.3) is 21.5 Å². The molecule has 5 aromatic rings. The van der Waals surface area contributed by atoms with Crippen LogP contribution >= 0.6 is 17.0 Å². The van der Waals surface area contributed by atoms with Crippen LogP contribution in [0, 0.1) is 0 Å². The summed E-state index contributed by atoms with van der Waals surface area (Å²) in [5.74, 6) is 0. The van der Waals surface area contributed by atoms with Gasteiger partial charge in [0.2, 0.25) is 0 Å². The monoisotopic (exact) mass is 494 g/mol. The van der Waals surface area contributed by atoms with Crippen LogP contribution < -0.4 is 4.43 Å². The second-order valence-electron chi connectivity index (χ2n) is 5.79. The van der Waals surface area contributed by atoms with Crippen molar-refractivity contribution in [3.05, 3.63) is 115 Å². The second kappa shape index (κ2) is 14.0. The summed E-state index contributed by atoms with van der Waals surface area (Å²) in [6.07, 6.45) is 0. The third-order valence-corrected chi connectivity index (χ3v) is 4.28. The summed E-state index contributed by atoms with van der Waals surface area (Å²) in [4.78, 5) is 0. The van der Waals surface area contributed by atoms with Gasteiger partial charge in [0.15, 0.2) is 16.3 Å². The van der Waals surface area contributed by atoms with Crippen molar-refractivity contribution in [1.29, 1.82) is 0 Å². The van der Waals surface area contributed by atoms with Gasteiger partial charge in [-0.25, -0.2) is 0 Å². The van der Waals surface area contributed by atoms with Crippen molar-refractivity contribution in [3.8, 4) is 0 Å². The first-order valence-electron chi connectivity index (χ1n) is 8.72. The standard InChI is InChI=1S/2C9H7.C6H5.Al.2ClH.Zr/c2*1-2-5-9-7-3-6-8(9)4-1;1-2-4-6-5-3-1;;;;/h2*1-7H;1-5H;;2*1H;/q2*-1;;;;;+4/p-2. The van der Waals surface area contributed by atoms with Gasteiger partial charge in [-0.2, -0.15) is 35.0 Å². The Labute approximate surface area is 193 Å². The number of hydrogen-bond acceptors (Lipinski definition) is 0. The van der Waals surface area contributed by atoms with E-state index in [4.69, 9.17) is 17.0 Å². The number of benzene rings is 3. The molecule has 0 aliphatic heterocycles. The summed E-state index contributed by atoms with van der Waals surface area (Å²) < 4.78 is 1.24. The number of fused-ring (bicyclic) bond motifs is 2. The van der Waals surface area contributed by atoms with Crippen LogP contribution in [0.5, 0.6) is 0 Å². The molecule has 0 unspecified atom stereocenters. The van der Waals surface area contributed by atoms with Crippen LogP contribution in [0.2, 0.25) is 0 Å². The largest absolute Gasteiger partial charge is 0.168 e. The molecule has 0 saturated heterocycles. The Balaban J connectivity index is 0.000000142. The van der Waals surface area contributed by atoms with Gasteiger partial charge in [-0.15, -0.1) is 63.7 Å². The van der Waals surface area contributed by atoms with E-state index in [-0.39, 0.29) is 0 Å². The fraction of sp³-hybridized carbons (Fsp3) is 0. The fourth-order valence-corrected chi connectivity index (χ4v) is 2.82. The van der Waals surface area contributed by atoms with Gasteiger partial charge in [0.05, 0.1) is 0 Å². The van der Waals surface area contributed by atoms with Crippen LogP contribution in [-0.4, -0.2) is 16.3 Å². The van der Waals surface area contributed by atoms with E-state index in [1.54, 1.807) is 0 Å². The molecule has 2 radical (unpaired) electrons. The average molecular weight is 497 g/mol. The summed E-state index contributed by atoms with van der Waals surface area (Å²) >= 11 is 1.80. The summed E-state index contributed by atoms with van der Waals surface area (Å²) in [7, 11) is 9.87. The first kappa shape index (κ1) is 23.2. The molecule has 0 amide bonds. The van der Waals surface area contributed by atoms with Crippen molar-refractivity contribution in [2.45, 2.75) is 0 Å². The molecular formula is C24H19AlCl2Zr. The maximum atomic E-state index is 4.93. The zero-order valence-corrected chi connectivity index (χ0v) is 20.4. The third kappa shape index (κ3) is 8.49. The van der Waals surface area contributed by atoms with Crippen LogP contribution in [0.1, 0.15) is 0 Å². The maximum Gasteiger partial charge on any atom is -0.0809 e. The molecule has 0 heterocycles. The van der Waals surface area contributed by atoms with Crippen LogP contribution in [0.3, 0.4) is 0 Å². The van der Waals surface area contributed by atoms with Crippen molar-refractivity contribution in [2.24, 2.45) is 0 Å². The van der Waals surface area contributed by atoms with Gasteiger partial charge in [0.1, 0.15) is 0 Å². The summed E-state index contributed by atoms with van der Waals surface area (Å²) in [6, 6.07) is 39.5. The second-order valence-corrected chi connectivity index (χ2v) is 10.2. The van der Waals surface area contributed by atoms with E-state index in [0.717, 1.165) is 0 Å². The predicted octanol–water partition coefficient (Wildman–Crippen LogP) is 6.97. The molecule has 0 bridgehead atoms. The van der Waals surface area contributed by atoms with E-state index in [1.165, 1.54) is 26.0 Å². The molecule has 0 atom stereocenters. The molecule has 0 saturated carbocycles. The first-order valence-corrected chi connectivity index (χ1v) is 15.6. The van der Waals surface area contributed by atoms with Crippen molar-refractivity contribution < 1.29 is 20.8 Å². The van der Waals surface area contributed by atoms with Crippen molar-refractivity contribution in [3.63, 3.8) is 0 Å². The van der Waals surface area contributed by atoms with Crippen molar-refractivity contribution in [2.75, 3.05) is 0 Å². The number of halogens is 2. The minimum absolute atomic E-state index is 0.826. The molecule has 4 heteroatoms. The quantitative estimate of drug-likeness (QED) is 0.160. The molecule has 28 heavy (non-hydrogen) atoms. The molecule has 0 N–H and O–H groups in total. The normalized spacial score (nSPS) is 9.07. The zero-order chi connectivity index (χ0) is 20.0. The van der Waals surface area contributed by atoms with Crippen molar-refractivity contribution >= 4 is 59.3 Å². The van der Waals surface area contributed by atoms with Crippen LogP contribution in [0.4, 0.5) is 0 Å². The Morgan fingerprint density at radius 2 is 0.964 bits per heavy atom. The smallest absolute Gasteiger partial charge is 0.0809 e. The fourth-order valence-electron chi connectivity index (χ4n) is 2.59. The Morgan fingerprint density at radius 3 is 1.32 bits per heavy atom. The minimum Gasteiger partial charge on any atom is -0.168 e. The summed E-state index contributed by atoms with van der Waals surface area (Å²) in [6.45, 7) is 0. The molecule has 0 aliphatic carbocycles. The topological polar surface area (TPSA) is 0 Å². The predicted molar refractivity (Wildman–Crippen MR) is 123 cm³/mol. The van der Waals surface area contributed by atoms with Gasteiger partial charge in [0, 0.05) is 0 Å². The minimum atomic E-state index is -0.826. The number of rotatable bonds is 0. The summed E-state index contributed by atoms with van der Waals surface area (Å²) in [5, 5.41) is 5.32. The first-order chi connectivity index (χ1) is 13.7. The molecule has 0 aliphatic rings. The maximum absolute atomic E-state index is 4.93. The van der Waals surface area contributed by atoms with Gasteiger partial charge in [-0.1, -0.05) is 42.5 Å². The van der Waals surface area contributed by atoms with E-state index in [2.05, 4.69) is 101 Å². The molecule has 0 spiro atoms. The number of hydrogen-bond donors (Lipinski definition) is 0. The van der Waals surface area contributed by atoms with Crippen LogP contribution in [-0.2, 0) is 20.8 Å². The Bertz CT molecular complexity index is 912. The average Bonchev–Trinajstić information content (AvgIpc) is 3.39. The molecule has 0 aromatic heterocycles. The van der Waals surface area contributed by atoms with Gasteiger partial charge in [0.25, 0.3) is 0 Å². The van der Waals surface area contributed by atoms with Gasteiger partial charge in [-0.05, 0) is 0 Å². The zero-order valence-electron chi connectivity index (χ0n) is 15.3. The van der Waals surface area contributed by atoms with Gasteiger partial charge in [-0.3, -0.25) is 0 Å². The van der Waals surface area contributed by atoms with E-state index >= 15 is 0 Å². The molecule has 136 valence electrons. The third-order valence-electron chi connectivity index (χ3n) is 3.89. The van der Waals surface area contributed by atoms with Gasteiger partial charge >= 0.3 is 37.9 Å². The van der Waals surface area contributed by atoms with Crippen molar-refractivity contribution in [1.82, 2.24) is 0 Å². The molecule has 0 fully saturated rings. The van der Waals surface area contributed by atoms with E-state index in [9.17, 15) is 0 Å². The van der Waals surface area contributed by atoms with E-state index in [1.807, 2.05) is 30.3 Å². The Kier molecular flexibility index (Phi) is 11.5.